The van der Waals surface area contributed by atoms with Crippen LogP contribution in [0.5, 0.6) is 5.75 Å². The average molecular weight is 300 g/mol. The minimum atomic E-state index is -1.26. The fourth-order valence-corrected chi connectivity index (χ4v) is 2.03. The van der Waals surface area contributed by atoms with Gasteiger partial charge in [0.1, 0.15) is 11.3 Å². The number of hydrogen-bond acceptors (Lipinski definition) is 3. The quantitative estimate of drug-likeness (QED) is 0.653. The van der Waals surface area contributed by atoms with Gasteiger partial charge in [0, 0.05) is 11.4 Å². The molecule has 0 unspecified atom stereocenters. The summed E-state index contributed by atoms with van der Waals surface area (Å²) >= 11 is 0. The number of amides is 2. The fourth-order valence-electron chi connectivity index (χ4n) is 2.03. The van der Waals surface area contributed by atoms with Crippen LogP contribution in [-0.4, -0.2) is 22.2 Å². The maximum absolute atomic E-state index is 11.9. The van der Waals surface area contributed by atoms with Gasteiger partial charge in [0.25, 0.3) is 0 Å². The van der Waals surface area contributed by atoms with Crippen LogP contribution in [0, 0.1) is 13.8 Å². The van der Waals surface area contributed by atoms with Crippen molar-refractivity contribution in [2.45, 2.75) is 13.8 Å². The molecule has 22 heavy (non-hydrogen) atoms. The lowest BCUT2D eigenvalue weighted by molar-refractivity contribution is 0.0693. The van der Waals surface area contributed by atoms with Gasteiger partial charge < -0.3 is 20.8 Å². The maximum atomic E-state index is 11.9. The summed E-state index contributed by atoms with van der Waals surface area (Å²) in [5.41, 5.74) is 2.03. The average Bonchev–Trinajstić information content (AvgIpc) is 2.42. The van der Waals surface area contributed by atoms with E-state index in [2.05, 4.69) is 10.6 Å². The molecule has 0 atom stereocenters. The van der Waals surface area contributed by atoms with Crippen LogP contribution in [0.15, 0.2) is 36.4 Å². The van der Waals surface area contributed by atoms with E-state index in [0.29, 0.717) is 11.3 Å². The summed E-state index contributed by atoms with van der Waals surface area (Å²) in [5, 5.41) is 23.9. The van der Waals surface area contributed by atoms with E-state index in [0.717, 1.165) is 5.56 Å². The van der Waals surface area contributed by atoms with Gasteiger partial charge in [-0.05, 0) is 49.2 Å². The molecular formula is C16H16N2O4. The highest BCUT2D eigenvalue weighted by Crippen LogP contribution is 2.26. The number of phenols is 1. The Balaban J connectivity index is 2.16. The predicted molar refractivity (Wildman–Crippen MR) is 83.6 cm³/mol. The fraction of sp³-hybridized carbons (Fsp3) is 0.125. The van der Waals surface area contributed by atoms with Crippen LogP contribution in [0.4, 0.5) is 16.2 Å². The third-order valence-electron chi connectivity index (χ3n) is 3.06. The normalized spacial score (nSPS) is 10.1. The molecule has 6 heteroatoms. The van der Waals surface area contributed by atoms with Crippen LogP contribution in [-0.2, 0) is 0 Å². The zero-order valence-corrected chi connectivity index (χ0v) is 12.2. The number of anilines is 2. The highest BCUT2D eigenvalue weighted by molar-refractivity contribution is 6.01. The van der Waals surface area contributed by atoms with Gasteiger partial charge in [-0.25, -0.2) is 9.59 Å². The number of carboxylic acid groups (broad SMARTS) is 1. The van der Waals surface area contributed by atoms with Gasteiger partial charge in [-0.15, -0.1) is 0 Å². The van der Waals surface area contributed by atoms with Crippen molar-refractivity contribution in [3.63, 3.8) is 0 Å². The summed E-state index contributed by atoms with van der Waals surface area (Å²) in [4.78, 5) is 23.0. The molecule has 114 valence electrons. The zero-order valence-electron chi connectivity index (χ0n) is 12.2. The second-order valence-electron chi connectivity index (χ2n) is 4.94. The van der Waals surface area contributed by atoms with Gasteiger partial charge in [-0.1, -0.05) is 12.1 Å². The second-order valence-corrected chi connectivity index (χ2v) is 4.94. The first-order valence-electron chi connectivity index (χ1n) is 6.58. The lowest BCUT2D eigenvalue weighted by atomic mass is 10.1. The van der Waals surface area contributed by atoms with Gasteiger partial charge >= 0.3 is 12.0 Å². The predicted octanol–water partition coefficient (Wildman–Crippen LogP) is 3.35. The van der Waals surface area contributed by atoms with Crippen molar-refractivity contribution in [3.8, 4) is 5.75 Å². The van der Waals surface area contributed by atoms with Crippen molar-refractivity contribution in [1.29, 1.82) is 0 Å². The van der Waals surface area contributed by atoms with E-state index in [1.165, 1.54) is 12.1 Å². The minimum Gasteiger partial charge on any atom is -0.507 e. The Kier molecular flexibility index (Phi) is 4.31. The van der Waals surface area contributed by atoms with Crippen molar-refractivity contribution in [3.05, 3.63) is 53.1 Å². The maximum Gasteiger partial charge on any atom is 0.339 e. The molecule has 4 N–H and O–H groups in total. The number of aromatic hydroxyl groups is 1. The van der Waals surface area contributed by atoms with E-state index in [9.17, 15) is 14.7 Å². The molecule has 0 bridgehead atoms. The molecule has 0 aliphatic heterocycles. The number of nitrogens with one attached hydrogen (secondary N) is 2. The Morgan fingerprint density at radius 3 is 2.32 bits per heavy atom. The summed E-state index contributed by atoms with van der Waals surface area (Å²) in [6.45, 7) is 3.47. The number of carbonyl (C=O) groups excluding carboxylic acids is 1. The van der Waals surface area contributed by atoms with Crippen molar-refractivity contribution in [1.82, 2.24) is 0 Å². The number of urea groups is 1. The van der Waals surface area contributed by atoms with E-state index < -0.39 is 12.0 Å². The molecular weight excluding hydrogens is 284 g/mol. The Hall–Kier alpha value is -3.02. The molecule has 0 radical (unpaired) electrons. The SMILES string of the molecule is Cc1cccc(NC(=O)Nc2cc(C)c(O)c(C(=O)O)c2)c1. The lowest BCUT2D eigenvalue weighted by Crippen LogP contribution is -2.19. The topological polar surface area (TPSA) is 98.7 Å². The van der Waals surface area contributed by atoms with Crippen molar-refractivity contribution in [2.24, 2.45) is 0 Å². The number of rotatable bonds is 3. The number of aromatic carboxylic acids is 1. The highest BCUT2D eigenvalue weighted by atomic mass is 16.4. The molecule has 0 saturated heterocycles. The van der Waals surface area contributed by atoms with Crippen LogP contribution < -0.4 is 10.6 Å². The van der Waals surface area contributed by atoms with Crippen molar-refractivity contribution >= 4 is 23.4 Å². The van der Waals surface area contributed by atoms with E-state index in [4.69, 9.17) is 5.11 Å². The monoisotopic (exact) mass is 300 g/mol. The molecule has 0 aromatic heterocycles. The van der Waals surface area contributed by atoms with E-state index in [1.54, 1.807) is 13.0 Å². The Morgan fingerprint density at radius 2 is 1.68 bits per heavy atom. The first-order valence-corrected chi connectivity index (χ1v) is 6.58. The number of aryl methyl sites for hydroxylation is 2. The van der Waals surface area contributed by atoms with Gasteiger partial charge in [-0.2, -0.15) is 0 Å². The molecule has 0 aliphatic carbocycles. The van der Waals surface area contributed by atoms with E-state index in [-0.39, 0.29) is 17.0 Å². The molecule has 2 aromatic rings. The number of carbonyl (C=O) groups is 2. The Bertz CT molecular complexity index is 741. The lowest BCUT2D eigenvalue weighted by Gasteiger charge is -2.11. The Morgan fingerprint density at radius 1 is 1.00 bits per heavy atom. The molecule has 6 nitrogen and oxygen atoms in total. The highest BCUT2D eigenvalue weighted by Gasteiger charge is 2.14. The van der Waals surface area contributed by atoms with Crippen molar-refractivity contribution < 1.29 is 19.8 Å². The van der Waals surface area contributed by atoms with E-state index in [1.807, 2.05) is 25.1 Å². The zero-order chi connectivity index (χ0) is 16.3. The van der Waals surface area contributed by atoms with Gasteiger partial charge in [-0.3, -0.25) is 0 Å². The molecule has 0 saturated carbocycles. The summed E-state index contributed by atoms with van der Waals surface area (Å²) in [5.74, 6) is -1.57. The second kappa shape index (κ2) is 6.17. The largest absolute Gasteiger partial charge is 0.507 e. The smallest absolute Gasteiger partial charge is 0.339 e. The van der Waals surface area contributed by atoms with Crippen LogP contribution in [0.1, 0.15) is 21.5 Å². The molecule has 2 aromatic carbocycles. The summed E-state index contributed by atoms with van der Waals surface area (Å²) in [6.07, 6.45) is 0. The number of benzene rings is 2. The van der Waals surface area contributed by atoms with Crippen LogP contribution in [0.2, 0.25) is 0 Å². The molecule has 0 spiro atoms. The molecule has 2 rings (SSSR count). The van der Waals surface area contributed by atoms with Crippen LogP contribution >= 0.6 is 0 Å². The summed E-state index contributed by atoms with van der Waals surface area (Å²) < 4.78 is 0. The molecule has 0 aliphatic rings. The molecule has 2 amide bonds. The standard InChI is InChI=1S/C16H16N2O4/c1-9-4-3-5-11(6-9)17-16(22)18-12-7-10(2)14(19)13(8-12)15(20)21/h3-8,19H,1-2H3,(H,20,21)(H2,17,18,22). The summed E-state index contributed by atoms with van der Waals surface area (Å²) in [6, 6.07) is 9.50. The third kappa shape index (κ3) is 3.54. The van der Waals surface area contributed by atoms with E-state index >= 15 is 0 Å². The van der Waals surface area contributed by atoms with Gasteiger partial charge in [0.2, 0.25) is 0 Å². The molecule has 0 fully saturated rings. The van der Waals surface area contributed by atoms with Gasteiger partial charge in [0.05, 0.1) is 0 Å². The number of hydrogen-bond donors (Lipinski definition) is 4. The third-order valence-corrected chi connectivity index (χ3v) is 3.06. The van der Waals surface area contributed by atoms with Crippen LogP contribution in [0.25, 0.3) is 0 Å². The summed E-state index contributed by atoms with van der Waals surface area (Å²) in [7, 11) is 0. The van der Waals surface area contributed by atoms with Crippen LogP contribution in [0.3, 0.4) is 0 Å². The Labute approximate surface area is 127 Å². The van der Waals surface area contributed by atoms with Crippen molar-refractivity contribution in [2.75, 3.05) is 10.6 Å². The first-order chi connectivity index (χ1) is 10.4. The first kappa shape index (κ1) is 15.4. The molecule has 0 heterocycles. The number of carboxylic acids is 1. The van der Waals surface area contributed by atoms with Gasteiger partial charge in [0.15, 0.2) is 0 Å². The minimum absolute atomic E-state index is 0.258.